The van der Waals surface area contributed by atoms with Crippen molar-refractivity contribution < 1.29 is 9.59 Å². The van der Waals surface area contributed by atoms with Gasteiger partial charge in [0.2, 0.25) is 0 Å². The van der Waals surface area contributed by atoms with Gasteiger partial charge in [0.25, 0.3) is 5.91 Å². The molecule has 0 spiro atoms. The standard InChI is InChI=1S/C24H32N4O2/c1-3-4-14-25-24(30)27-20-12-13-22(28-15-8-9-16-28)21(17-20)23(29)26-18(2)19-10-6-5-7-11-19/h5-7,10-13,17-18H,3-4,8-9,14-16H2,1-2H3,(H,26,29)(H2,25,27,30)/t18-/m1/s1. The summed E-state index contributed by atoms with van der Waals surface area (Å²) in [5, 5.41) is 8.80. The number of rotatable bonds is 8. The highest BCUT2D eigenvalue weighted by Gasteiger charge is 2.21. The minimum atomic E-state index is -0.249. The van der Waals surface area contributed by atoms with Gasteiger partial charge in [0.1, 0.15) is 0 Å². The topological polar surface area (TPSA) is 73.5 Å². The average Bonchev–Trinajstić information content (AvgIpc) is 3.29. The Bertz CT molecular complexity index is 848. The lowest BCUT2D eigenvalue weighted by atomic mass is 10.1. The SMILES string of the molecule is CCCCNC(=O)Nc1ccc(N2CCCC2)c(C(=O)N[C@H](C)c2ccccc2)c1. The van der Waals surface area contributed by atoms with Gasteiger partial charge in [-0.15, -0.1) is 0 Å². The molecular weight excluding hydrogens is 376 g/mol. The van der Waals surface area contributed by atoms with E-state index in [0.717, 1.165) is 50.0 Å². The molecule has 1 fully saturated rings. The van der Waals surface area contributed by atoms with E-state index >= 15 is 0 Å². The number of carbonyl (C=O) groups is 2. The van der Waals surface area contributed by atoms with Crippen LogP contribution in [0.15, 0.2) is 48.5 Å². The zero-order valence-corrected chi connectivity index (χ0v) is 17.9. The van der Waals surface area contributed by atoms with E-state index in [4.69, 9.17) is 0 Å². The fourth-order valence-corrected chi connectivity index (χ4v) is 3.68. The van der Waals surface area contributed by atoms with Crippen molar-refractivity contribution in [1.82, 2.24) is 10.6 Å². The molecule has 3 N–H and O–H groups in total. The van der Waals surface area contributed by atoms with Crippen molar-refractivity contribution in [3.8, 4) is 0 Å². The summed E-state index contributed by atoms with van der Waals surface area (Å²) < 4.78 is 0. The van der Waals surface area contributed by atoms with Crippen molar-refractivity contribution in [2.45, 2.75) is 45.6 Å². The van der Waals surface area contributed by atoms with Crippen molar-refractivity contribution in [1.29, 1.82) is 0 Å². The smallest absolute Gasteiger partial charge is 0.319 e. The van der Waals surface area contributed by atoms with Gasteiger partial charge >= 0.3 is 6.03 Å². The van der Waals surface area contributed by atoms with Crippen LogP contribution in [0.2, 0.25) is 0 Å². The van der Waals surface area contributed by atoms with Gasteiger partial charge in [0.05, 0.1) is 11.6 Å². The summed E-state index contributed by atoms with van der Waals surface area (Å²) in [4.78, 5) is 27.6. The molecule has 1 atom stereocenters. The number of carbonyl (C=O) groups excluding carboxylic acids is 2. The first-order valence-electron chi connectivity index (χ1n) is 10.9. The van der Waals surface area contributed by atoms with E-state index in [1.165, 1.54) is 0 Å². The van der Waals surface area contributed by atoms with Gasteiger partial charge in [-0.2, -0.15) is 0 Å². The van der Waals surface area contributed by atoms with Crippen LogP contribution in [0, 0.1) is 0 Å². The van der Waals surface area contributed by atoms with Crippen LogP contribution in [0.5, 0.6) is 0 Å². The number of nitrogens with zero attached hydrogens (tertiary/aromatic N) is 1. The Morgan fingerprint density at radius 1 is 1.07 bits per heavy atom. The third-order valence-corrected chi connectivity index (χ3v) is 5.41. The summed E-state index contributed by atoms with van der Waals surface area (Å²) in [6.07, 6.45) is 4.21. The first-order valence-corrected chi connectivity index (χ1v) is 10.9. The summed E-state index contributed by atoms with van der Waals surface area (Å²) in [6.45, 7) is 6.58. The maximum absolute atomic E-state index is 13.2. The Labute approximate surface area is 179 Å². The summed E-state index contributed by atoms with van der Waals surface area (Å²) in [7, 11) is 0. The van der Waals surface area contributed by atoms with Crippen LogP contribution >= 0.6 is 0 Å². The second-order valence-corrected chi connectivity index (χ2v) is 7.77. The lowest BCUT2D eigenvalue weighted by Crippen LogP contribution is -2.31. The average molecular weight is 409 g/mol. The molecule has 0 radical (unpaired) electrons. The number of benzene rings is 2. The molecule has 30 heavy (non-hydrogen) atoms. The van der Waals surface area contributed by atoms with E-state index in [1.807, 2.05) is 49.4 Å². The first-order chi connectivity index (χ1) is 14.6. The zero-order chi connectivity index (χ0) is 21.3. The van der Waals surface area contributed by atoms with Gasteiger partial charge in [-0.1, -0.05) is 43.7 Å². The molecule has 160 valence electrons. The van der Waals surface area contributed by atoms with E-state index in [-0.39, 0.29) is 18.0 Å². The molecule has 0 bridgehead atoms. The fraction of sp³-hybridized carbons (Fsp3) is 0.417. The Morgan fingerprint density at radius 2 is 1.80 bits per heavy atom. The normalized spacial score (nSPS) is 14.3. The Hall–Kier alpha value is -3.02. The van der Waals surface area contributed by atoms with Crippen LogP contribution in [-0.2, 0) is 0 Å². The quantitative estimate of drug-likeness (QED) is 0.554. The maximum Gasteiger partial charge on any atom is 0.319 e. The van der Waals surface area contributed by atoms with E-state index < -0.39 is 0 Å². The molecule has 0 aliphatic carbocycles. The Kier molecular flexibility index (Phi) is 7.71. The number of anilines is 2. The van der Waals surface area contributed by atoms with E-state index in [2.05, 4.69) is 27.8 Å². The van der Waals surface area contributed by atoms with Crippen LogP contribution in [0.1, 0.15) is 61.5 Å². The molecule has 3 rings (SSSR count). The van der Waals surface area contributed by atoms with Gasteiger partial charge in [-0.05, 0) is 49.9 Å². The third-order valence-electron chi connectivity index (χ3n) is 5.41. The molecule has 0 unspecified atom stereocenters. The second-order valence-electron chi connectivity index (χ2n) is 7.77. The van der Waals surface area contributed by atoms with Gasteiger partial charge in [0.15, 0.2) is 0 Å². The molecular formula is C24H32N4O2. The molecule has 1 aliphatic heterocycles. The van der Waals surface area contributed by atoms with Gasteiger partial charge in [0, 0.05) is 31.0 Å². The molecule has 1 saturated heterocycles. The highest BCUT2D eigenvalue weighted by molar-refractivity contribution is 6.02. The largest absolute Gasteiger partial charge is 0.371 e. The van der Waals surface area contributed by atoms with Crippen LogP contribution < -0.4 is 20.9 Å². The predicted molar refractivity (Wildman–Crippen MR) is 122 cm³/mol. The number of urea groups is 1. The molecule has 0 saturated carbocycles. The highest BCUT2D eigenvalue weighted by Crippen LogP contribution is 2.28. The van der Waals surface area contributed by atoms with E-state index in [1.54, 1.807) is 6.07 Å². The van der Waals surface area contributed by atoms with Crippen molar-refractivity contribution in [3.05, 3.63) is 59.7 Å². The van der Waals surface area contributed by atoms with Crippen molar-refractivity contribution in [2.24, 2.45) is 0 Å². The van der Waals surface area contributed by atoms with Gasteiger partial charge < -0.3 is 20.9 Å². The van der Waals surface area contributed by atoms with Crippen molar-refractivity contribution in [2.75, 3.05) is 29.9 Å². The monoisotopic (exact) mass is 408 g/mol. The van der Waals surface area contributed by atoms with Crippen molar-refractivity contribution in [3.63, 3.8) is 0 Å². The van der Waals surface area contributed by atoms with Gasteiger partial charge in [-0.3, -0.25) is 4.79 Å². The summed E-state index contributed by atoms with van der Waals surface area (Å²) in [5.41, 5.74) is 3.18. The molecule has 2 aromatic rings. The summed E-state index contributed by atoms with van der Waals surface area (Å²) in [6, 6.07) is 15.1. The molecule has 6 heteroatoms. The summed E-state index contributed by atoms with van der Waals surface area (Å²) >= 11 is 0. The van der Waals surface area contributed by atoms with Crippen LogP contribution in [0.3, 0.4) is 0 Å². The lowest BCUT2D eigenvalue weighted by molar-refractivity contribution is 0.0940. The van der Waals surface area contributed by atoms with Crippen LogP contribution in [-0.4, -0.2) is 31.6 Å². The zero-order valence-electron chi connectivity index (χ0n) is 17.9. The molecule has 3 amide bonds. The minimum absolute atomic E-state index is 0.112. The molecule has 2 aromatic carbocycles. The highest BCUT2D eigenvalue weighted by atomic mass is 16.2. The second kappa shape index (κ2) is 10.7. The molecule has 6 nitrogen and oxygen atoms in total. The maximum atomic E-state index is 13.2. The van der Waals surface area contributed by atoms with Gasteiger partial charge in [-0.25, -0.2) is 4.79 Å². The minimum Gasteiger partial charge on any atom is -0.371 e. The van der Waals surface area contributed by atoms with Crippen LogP contribution in [0.25, 0.3) is 0 Å². The number of unbranched alkanes of at least 4 members (excludes halogenated alkanes) is 1. The van der Waals surface area contributed by atoms with Crippen molar-refractivity contribution >= 4 is 23.3 Å². The predicted octanol–water partition coefficient (Wildman–Crippen LogP) is 4.70. The number of nitrogens with one attached hydrogen (secondary N) is 3. The van der Waals surface area contributed by atoms with Crippen LogP contribution in [0.4, 0.5) is 16.2 Å². The molecule has 0 aromatic heterocycles. The van der Waals surface area contributed by atoms with E-state index in [0.29, 0.717) is 17.8 Å². The Balaban J connectivity index is 1.78. The fourth-order valence-electron chi connectivity index (χ4n) is 3.68. The number of amides is 3. The third kappa shape index (κ3) is 5.75. The molecule has 1 aliphatic rings. The molecule has 1 heterocycles. The number of hydrogen-bond acceptors (Lipinski definition) is 3. The number of hydrogen-bond donors (Lipinski definition) is 3. The first kappa shape index (κ1) is 21.7. The Morgan fingerprint density at radius 3 is 2.50 bits per heavy atom. The lowest BCUT2D eigenvalue weighted by Gasteiger charge is -2.23. The summed E-state index contributed by atoms with van der Waals surface area (Å²) in [5.74, 6) is -0.136. The van der Waals surface area contributed by atoms with E-state index in [9.17, 15) is 9.59 Å².